The Morgan fingerprint density at radius 3 is 3.07 bits per heavy atom. The van der Waals surface area contributed by atoms with E-state index in [0.717, 1.165) is 5.76 Å². The number of anilines is 2. The molecule has 0 saturated carbocycles. The summed E-state index contributed by atoms with van der Waals surface area (Å²) in [6, 6.07) is 5.48. The lowest BCUT2D eigenvalue weighted by Crippen LogP contribution is -2.11. The number of nitrogens with zero attached hydrogens (tertiary/aromatic N) is 2. The smallest absolute Gasteiger partial charge is 0.239 e. The maximum absolute atomic E-state index is 5.19. The van der Waals surface area contributed by atoms with Crippen LogP contribution in [0.1, 0.15) is 5.76 Å². The summed E-state index contributed by atoms with van der Waals surface area (Å²) in [6.45, 7) is 0.577. The fourth-order valence-electron chi connectivity index (χ4n) is 1.12. The molecule has 4 N–H and O–H groups in total. The van der Waals surface area contributed by atoms with Gasteiger partial charge in [-0.15, -0.1) is 0 Å². The Morgan fingerprint density at radius 2 is 2.33 bits per heavy atom. The van der Waals surface area contributed by atoms with E-state index in [1.54, 1.807) is 18.5 Å². The standard InChI is InChI=1S/C9H11N5O/c10-14-9-11-4-3-8(13-9)12-6-7-2-1-5-15-7/h1-5H,6,10H2,(H2,11,12,13,14). The predicted molar refractivity (Wildman–Crippen MR) is 55.9 cm³/mol. The Hall–Kier alpha value is -2.08. The van der Waals surface area contributed by atoms with Gasteiger partial charge in [-0.3, -0.25) is 5.43 Å². The van der Waals surface area contributed by atoms with Crippen molar-refractivity contribution in [2.24, 2.45) is 5.84 Å². The average molecular weight is 205 g/mol. The van der Waals surface area contributed by atoms with Gasteiger partial charge < -0.3 is 9.73 Å². The molecule has 0 aliphatic carbocycles. The molecular formula is C9H11N5O. The third kappa shape index (κ3) is 2.44. The summed E-state index contributed by atoms with van der Waals surface area (Å²) in [4.78, 5) is 7.98. The van der Waals surface area contributed by atoms with Crippen molar-refractivity contribution in [3.05, 3.63) is 36.4 Å². The molecule has 6 nitrogen and oxygen atoms in total. The lowest BCUT2D eigenvalue weighted by atomic mass is 10.4. The number of furan rings is 1. The van der Waals surface area contributed by atoms with Crippen molar-refractivity contribution in [2.75, 3.05) is 10.7 Å². The maximum Gasteiger partial charge on any atom is 0.239 e. The highest BCUT2D eigenvalue weighted by atomic mass is 16.3. The van der Waals surface area contributed by atoms with E-state index in [2.05, 4.69) is 20.7 Å². The topological polar surface area (TPSA) is 89.0 Å². The molecule has 0 fully saturated rings. The third-order valence-corrected chi connectivity index (χ3v) is 1.81. The number of hydrogen-bond acceptors (Lipinski definition) is 6. The van der Waals surface area contributed by atoms with Gasteiger partial charge in [-0.2, -0.15) is 4.98 Å². The molecule has 2 heterocycles. The fourth-order valence-corrected chi connectivity index (χ4v) is 1.12. The molecular weight excluding hydrogens is 194 g/mol. The van der Waals surface area contributed by atoms with Crippen molar-refractivity contribution in [3.63, 3.8) is 0 Å². The second kappa shape index (κ2) is 4.43. The van der Waals surface area contributed by atoms with Crippen LogP contribution >= 0.6 is 0 Å². The number of aromatic nitrogens is 2. The Morgan fingerprint density at radius 1 is 1.40 bits per heavy atom. The molecule has 2 rings (SSSR count). The molecule has 0 radical (unpaired) electrons. The molecule has 0 aliphatic rings. The number of nitrogen functional groups attached to an aromatic ring is 1. The number of nitrogens with one attached hydrogen (secondary N) is 2. The minimum absolute atomic E-state index is 0.374. The molecule has 0 aliphatic heterocycles. The van der Waals surface area contributed by atoms with Crippen molar-refractivity contribution < 1.29 is 4.42 Å². The van der Waals surface area contributed by atoms with Crippen LogP contribution in [0.5, 0.6) is 0 Å². The zero-order valence-electron chi connectivity index (χ0n) is 7.97. The van der Waals surface area contributed by atoms with Crippen LogP contribution in [-0.4, -0.2) is 9.97 Å². The van der Waals surface area contributed by atoms with E-state index in [1.165, 1.54) is 0 Å². The van der Waals surface area contributed by atoms with Crippen LogP contribution in [0, 0.1) is 0 Å². The summed E-state index contributed by atoms with van der Waals surface area (Å²) in [5.74, 6) is 7.10. The Kier molecular flexibility index (Phi) is 2.80. The van der Waals surface area contributed by atoms with E-state index in [4.69, 9.17) is 10.3 Å². The zero-order chi connectivity index (χ0) is 10.5. The van der Waals surface area contributed by atoms with Gasteiger partial charge in [-0.05, 0) is 18.2 Å². The molecule has 0 aromatic carbocycles. The monoisotopic (exact) mass is 205 g/mol. The molecule has 6 heteroatoms. The van der Waals surface area contributed by atoms with E-state index in [-0.39, 0.29) is 0 Å². The molecule has 0 spiro atoms. The highest BCUT2D eigenvalue weighted by Gasteiger charge is 1.98. The van der Waals surface area contributed by atoms with E-state index >= 15 is 0 Å². The molecule has 0 saturated heterocycles. The summed E-state index contributed by atoms with van der Waals surface area (Å²) < 4.78 is 5.17. The molecule has 0 bridgehead atoms. The third-order valence-electron chi connectivity index (χ3n) is 1.81. The van der Waals surface area contributed by atoms with Gasteiger partial charge in [0.05, 0.1) is 12.8 Å². The van der Waals surface area contributed by atoms with Gasteiger partial charge in [0.25, 0.3) is 0 Å². The van der Waals surface area contributed by atoms with Gasteiger partial charge in [0.2, 0.25) is 5.95 Å². The quantitative estimate of drug-likeness (QED) is 0.509. The normalized spacial score (nSPS) is 9.93. The van der Waals surface area contributed by atoms with Crippen molar-refractivity contribution in [1.29, 1.82) is 0 Å². The second-order valence-corrected chi connectivity index (χ2v) is 2.84. The van der Waals surface area contributed by atoms with Crippen molar-refractivity contribution in [1.82, 2.24) is 9.97 Å². The average Bonchev–Trinajstić information content (AvgIpc) is 2.79. The van der Waals surface area contributed by atoms with Crippen LogP contribution in [0.15, 0.2) is 35.1 Å². The number of hydrazine groups is 1. The lowest BCUT2D eigenvalue weighted by Gasteiger charge is -2.04. The molecule has 0 atom stereocenters. The van der Waals surface area contributed by atoms with Crippen molar-refractivity contribution in [3.8, 4) is 0 Å². The van der Waals surface area contributed by atoms with Crippen LogP contribution in [-0.2, 0) is 6.54 Å². The Balaban J connectivity index is 1.98. The predicted octanol–water partition coefficient (Wildman–Crippen LogP) is 0.967. The van der Waals surface area contributed by atoms with Crippen molar-refractivity contribution >= 4 is 11.8 Å². The highest BCUT2D eigenvalue weighted by Crippen LogP contribution is 2.07. The van der Waals surface area contributed by atoms with Gasteiger partial charge in [0, 0.05) is 6.20 Å². The lowest BCUT2D eigenvalue weighted by molar-refractivity contribution is 0.518. The number of nitrogens with two attached hydrogens (primary N) is 1. The molecule has 0 unspecified atom stereocenters. The summed E-state index contributed by atoms with van der Waals surface area (Å²) >= 11 is 0. The van der Waals surface area contributed by atoms with Crippen LogP contribution in [0.4, 0.5) is 11.8 Å². The second-order valence-electron chi connectivity index (χ2n) is 2.84. The Labute approximate surface area is 86.5 Å². The largest absolute Gasteiger partial charge is 0.467 e. The first-order valence-electron chi connectivity index (χ1n) is 4.44. The van der Waals surface area contributed by atoms with Crippen molar-refractivity contribution in [2.45, 2.75) is 6.54 Å². The van der Waals surface area contributed by atoms with E-state index in [1.807, 2.05) is 12.1 Å². The molecule has 2 aromatic rings. The summed E-state index contributed by atoms with van der Waals surface area (Å²) in [7, 11) is 0. The van der Waals surface area contributed by atoms with Crippen LogP contribution in [0.2, 0.25) is 0 Å². The highest BCUT2D eigenvalue weighted by molar-refractivity contribution is 5.38. The van der Waals surface area contributed by atoms with Gasteiger partial charge >= 0.3 is 0 Å². The van der Waals surface area contributed by atoms with Crippen LogP contribution < -0.4 is 16.6 Å². The first kappa shape index (κ1) is 9.47. The molecule has 2 aromatic heterocycles. The Bertz CT molecular complexity index is 414. The minimum Gasteiger partial charge on any atom is -0.467 e. The number of hydrogen-bond donors (Lipinski definition) is 3. The van der Waals surface area contributed by atoms with Gasteiger partial charge in [-0.25, -0.2) is 10.8 Å². The van der Waals surface area contributed by atoms with Crippen LogP contribution in [0.25, 0.3) is 0 Å². The zero-order valence-corrected chi connectivity index (χ0v) is 7.97. The van der Waals surface area contributed by atoms with Gasteiger partial charge in [0.1, 0.15) is 11.6 Å². The number of rotatable bonds is 4. The van der Waals surface area contributed by atoms with Gasteiger partial charge in [-0.1, -0.05) is 0 Å². The SMILES string of the molecule is NNc1nccc(NCc2ccco2)n1. The minimum atomic E-state index is 0.374. The van der Waals surface area contributed by atoms with E-state index in [0.29, 0.717) is 18.3 Å². The molecule has 78 valence electrons. The first-order chi connectivity index (χ1) is 7.38. The van der Waals surface area contributed by atoms with E-state index in [9.17, 15) is 0 Å². The molecule has 0 amide bonds. The van der Waals surface area contributed by atoms with Crippen LogP contribution in [0.3, 0.4) is 0 Å². The summed E-state index contributed by atoms with van der Waals surface area (Å²) in [5, 5.41) is 3.08. The first-order valence-corrected chi connectivity index (χ1v) is 4.44. The fraction of sp³-hybridized carbons (Fsp3) is 0.111. The maximum atomic E-state index is 5.19. The summed E-state index contributed by atoms with van der Waals surface area (Å²) in [5.41, 5.74) is 2.37. The summed E-state index contributed by atoms with van der Waals surface area (Å²) in [6.07, 6.45) is 3.25. The van der Waals surface area contributed by atoms with E-state index < -0.39 is 0 Å². The van der Waals surface area contributed by atoms with Gasteiger partial charge in [0.15, 0.2) is 0 Å². The molecule has 15 heavy (non-hydrogen) atoms.